The van der Waals surface area contributed by atoms with E-state index in [-0.39, 0.29) is 5.78 Å². The summed E-state index contributed by atoms with van der Waals surface area (Å²) in [6.45, 7) is 2.19. The first-order valence-corrected chi connectivity index (χ1v) is 7.29. The van der Waals surface area contributed by atoms with Gasteiger partial charge in [0.2, 0.25) is 0 Å². The second-order valence-electron chi connectivity index (χ2n) is 4.91. The SMILES string of the molecule is CCCCCCCCC(=O)c1ccc(OB(O)O)cc1. The molecule has 2 N–H and O–H groups in total. The van der Waals surface area contributed by atoms with E-state index in [1.165, 1.54) is 25.7 Å². The zero-order chi connectivity index (χ0) is 14.8. The lowest BCUT2D eigenvalue weighted by Gasteiger charge is -2.05. The van der Waals surface area contributed by atoms with E-state index in [1.54, 1.807) is 24.3 Å². The average molecular weight is 278 g/mol. The lowest BCUT2D eigenvalue weighted by molar-refractivity contribution is 0.0979. The third kappa shape index (κ3) is 6.73. The van der Waals surface area contributed by atoms with Crippen LogP contribution in [0.2, 0.25) is 0 Å². The van der Waals surface area contributed by atoms with E-state index in [1.807, 2.05) is 0 Å². The minimum Gasteiger partial charge on any atom is -0.512 e. The quantitative estimate of drug-likeness (QED) is 0.392. The van der Waals surface area contributed by atoms with Gasteiger partial charge in [0.15, 0.2) is 5.78 Å². The Labute approximate surface area is 121 Å². The zero-order valence-corrected chi connectivity index (χ0v) is 12.0. The number of benzene rings is 1. The fourth-order valence-corrected chi connectivity index (χ4v) is 2.05. The molecule has 5 heteroatoms. The Morgan fingerprint density at radius 2 is 1.65 bits per heavy atom. The summed E-state index contributed by atoms with van der Waals surface area (Å²) in [5.41, 5.74) is 0.637. The van der Waals surface area contributed by atoms with Gasteiger partial charge in [0.1, 0.15) is 5.75 Å². The molecule has 0 amide bonds. The van der Waals surface area contributed by atoms with Crippen LogP contribution in [0.5, 0.6) is 5.75 Å². The number of Topliss-reactive ketones (excluding diaryl/α,β-unsaturated/α-hetero) is 1. The van der Waals surface area contributed by atoms with Crippen molar-refractivity contribution in [2.45, 2.75) is 51.9 Å². The molecular weight excluding hydrogens is 255 g/mol. The number of hydrogen-bond acceptors (Lipinski definition) is 4. The van der Waals surface area contributed by atoms with Crippen molar-refractivity contribution < 1.29 is 19.5 Å². The minimum atomic E-state index is -1.83. The predicted octanol–water partition coefficient (Wildman–Crippen LogP) is 2.97. The van der Waals surface area contributed by atoms with Crippen molar-refractivity contribution in [1.82, 2.24) is 0 Å². The van der Waals surface area contributed by atoms with Crippen molar-refractivity contribution in [3.05, 3.63) is 29.8 Å². The summed E-state index contributed by atoms with van der Waals surface area (Å²) in [6.07, 6.45) is 7.54. The maximum Gasteiger partial charge on any atom is 0.707 e. The van der Waals surface area contributed by atoms with Gasteiger partial charge >= 0.3 is 7.32 Å². The van der Waals surface area contributed by atoms with Gasteiger partial charge in [-0.2, -0.15) is 0 Å². The largest absolute Gasteiger partial charge is 0.707 e. The molecule has 1 aromatic rings. The molecule has 0 saturated heterocycles. The number of unbranched alkanes of at least 4 members (excludes halogenated alkanes) is 5. The van der Waals surface area contributed by atoms with E-state index < -0.39 is 7.32 Å². The van der Waals surface area contributed by atoms with Gasteiger partial charge in [-0.1, -0.05) is 39.0 Å². The molecule has 0 saturated carbocycles. The number of ketones is 1. The smallest absolute Gasteiger partial charge is 0.512 e. The topological polar surface area (TPSA) is 66.8 Å². The second-order valence-corrected chi connectivity index (χ2v) is 4.91. The summed E-state index contributed by atoms with van der Waals surface area (Å²) >= 11 is 0. The third-order valence-corrected chi connectivity index (χ3v) is 3.18. The Balaban J connectivity index is 2.29. The highest BCUT2D eigenvalue weighted by molar-refractivity contribution is 6.33. The molecule has 110 valence electrons. The monoisotopic (exact) mass is 278 g/mol. The van der Waals surface area contributed by atoms with Crippen LogP contribution in [0.4, 0.5) is 0 Å². The Morgan fingerprint density at radius 1 is 1.05 bits per heavy atom. The van der Waals surface area contributed by atoms with Crippen molar-refractivity contribution in [1.29, 1.82) is 0 Å². The maximum atomic E-state index is 11.9. The van der Waals surface area contributed by atoms with E-state index >= 15 is 0 Å². The van der Waals surface area contributed by atoms with Crippen LogP contribution in [0.25, 0.3) is 0 Å². The van der Waals surface area contributed by atoms with Crippen molar-refractivity contribution in [3.8, 4) is 5.75 Å². The molecule has 0 aliphatic rings. The summed E-state index contributed by atoms with van der Waals surface area (Å²) in [4.78, 5) is 11.9. The molecule has 0 radical (unpaired) electrons. The summed E-state index contributed by atoms with van der Waals surface area (Å²) in [6, 6.07) is 6.43. The molecule has 0 atom stereocenters. The molecule has 0 heterocycles. The molecule has 0 spiro atoms. The molecule has 0 aromatic heterocycles. The highest BCUT2D eigenvalue weighted by Crippen LogP contribution is 2.15. The summed E-state index contributed by atoms with van der Waals surface area (Å²) in [5, 5.41) is 17.3. The minimum absolute atomic E-state index is 0.122. The van der Waals surface area contributed by atoms with Gasteiger partial charge in [0.25, 0.3) is 0 Å². The van der Waals surface area contributed by atoms with Crippen LogP contribution in [0.3, 0.4) is 0 Å². The first kappa shape index (κ1) is 16.7. The van der Waals surface area contributed by atoms with Crippen LogP contribution in [0, 0.1) is 0 Å². The molecule has 4 nitrogen and oxygen atoms in total. The van der Waals surface area contributed by atoms with Gasteiger partial charge < -0.3 is 14.7 Å². The van der Waals surface area contributed by atoms with Crippen molar-refractivity contribution >= 4 is 13.1 Å². The van der Waals surface area contributed by atoms with Gasteiger partial charge in [-0.15, -0.1) is 0 Å². The van der Waals surface area contributed by atoms with Crippen molar-refractivity contribution in [2.75, 3.05) is 0 Å². The number of hydrogen-bond donors (Lipinski definition) is 2. The maximum absolute atomic E-state index is 11.9. The number of rotatable bonds is 10. The standard InChI is InChI=1S/C15H23BO4/c1-2-3-4-5-6-7-8-15(17)13-9-11-14(12-10-13)20-16(18)19/h9-12,18-19H,2-8H2,1H3. The van der Waals surface area contributed by atoms with Crippen LogP contribution >= 0.6 is 0 Å². The van der Waals surface area contributed by atoms with Gasteiger partial charge in [0.05, 0.1) is 0 Å². The van der Waals surface area contributed by atoms with Crippen LogP contribution in [0.1, 0.15) is 62.2 Å². The number of carbonyl (C=O) groups is 1. The lowest BCUT2D eigenvalue weighted by Crippen LogP contribution is -2.20. The zero-order valence-electron chi connectivity index (χ0n) is 12.0. The van der Waals surface area contributed by atoms with E-state index in [9.17, 15) is 4.79 Å². The first-order valence-electron chi connectivity index (χ1n) is 7.29. The third-order valence-electron chi connectivity index (χ3n) is 3.18. The summed E-state index contributed by atoms with van der Waals surface area (Å²) in [5.74, 6) is 0.452. The molecular formula is C15H23BO4. The molecule has 0 aliphatic heterocycles. The molecule has 1 rings (SSSR count). The predicted molar refractivity (Wildman–Crippen MR) is 79.6 cm³/mol. The molecule has 0 unspecified atom stereocenters. The fraction of sp³-hybridized carbons (Fsp3) is 0.533. The van der Waals surface area contributed by atoms with Crippen molar-refractivity contribution in [3.63, 3.8) is 0 Å². The van der Waals surface area contributed by atoms with Crippen LogP contribution in [-0.4, -0.2) is 23.2 Å². The Hall–Kier alpha value is -1.33. The Bertz CT molecular complexity index is 389. The Morgan fingerprint density at radius 3 is 2.25 bits per heavy atom. The average Bonchev–Trinajstić information content (AvgIpc) is 2.42. The molecule has 0 bridgehead atoms. The molecule has 20 heavy (non-hydrogen) atoms. The second kappa shape index (κ2) is 9.56. The first-order chi connectivity index (χ1) is 9.63. The highest BCUT2D eigenvalue weighted by atomic mass is 16.6. The lowest BCUT2D eigenvalue weighted by atomic mass is 10.0. The van der Waals surface area contributed by atoms with E-state index in [2.05, 4.69) is 11.6 Å². The van der Waals surface area contributed by atoms with Gasteiger partial charge in [-0.3, -0.25) is 4.79 Å². The summed E-state index contributed by atoms with van der Waals surface area (Å²) in [7, 11) is -1.83. The van der Waals surface area contributed by atoms with Gasteiger partial charge in [-0.25, -0.2) is 0 Å². The summed E-state index contributed by atoms with van der Waals surface area (Å²) < 4.78 is 4.68. The van der Waals surface area contributed by atoms with Crippen LogP contribution in [0.15, 0.2) is 24.3 Å². The molecule has 0 aliphatic carbocycles. The van der Waals surface area contributed by atoms with Gasteiger partial charge in [-0.05, 0) is 30.7 Å². The van der Waals surface area contributed by atoms with E-state index in [0.29, 0.717) is 17.7 Å². The fourth-order valence-electron chi connectivity index (χ4n) is 2.05. The molecule has 0 fully saturated rings. The van der Waals surface area contributed by atoms with Crippen LogP contribution in [-0.2, 0) is 0 Å². The molecule has 1 aromatic carbocycles. The van der Waals surface area contributed by atoms with E-state index in [0.717, 1.165) is 12.8 Å². The van der Waals surface area contributed by atoms with Gasteiger partial charge in [0, 0.05) is 12.0 Å². The Kier molecular flexibility index (Phi) is 8.00. The normalized spacial score (nSPS) is 10.3. The highest BCUT2D eigenvalue weighted by Gasteiger charge is 2.11. The van der Waals surface area contributed by atoms with Crippen molar-refractivity contribution in [2.24, 2.45) is 0 Å². The van der Waals surface area contributed by atoms with E-state index in [4.69, 9.17) is 10.0 Å². The number of carbonyl (C=O) groups excluding carboxylic acids is 1. The van der Waals surface area contributed by atoms with Crippen LogP contribution < -0.4 is 4.65 Å².